The molecule has 0 spiro atoms. The standard InChI is InChI=1S/C11H15NO4S/c1-4-16-8(13)5-7-6(2)9(10(12)17-7)11(14)15-3/h4-5,12H2,1-3H3. The largest absolute Gasteiger partial charge is 0.466 e. The molecule has 0 unspecified atom stereocenters. The molecule has 0 radical (unpaired) electrons. The zero-order valence-corrected chi connectivity index (χ0v) is 10.8. The molecule has 1 aromatic rings. The molecule has 0 saturated heterocycles. The van der Waals surface area contributed by atoms with Crippen LogP contribution < -0.4 is 5.73 Å². The third-order valence-electron chi connectivity index (χ3n) is 2.27. The van der Waals surface area contributed by atoms with Crippen LogP contribution in [-0.2, 0) is 20.7 Å². The number of anilines is 1. The first-order valence-corrected chi connectivity index (χ1v) is 5.94. The predicted molar refractivity (Wildman–Crippen MR) is 65.1 cm³/mol. The Kier molecular flexibility index (Phi) is 4.51. The molecule has 0 aromatic carbocycles. The molecule has 0 aliphatic heterocycles. The number of rotatable bonds is 4. The summed E-state index contributed by atoms with van der Waals surface area (Å²) in [7, 11) is 1.30. The van der Waals surface area contributed by atoms with E-state index >= 15 is 0 Å². The number of ether oxygens (including phenoxy) is 2. The predicted octanol–water partition coefficient (Wildman–Crippen LogP) is 1.53. The zero-order chi connectivity index (χ0) is 13.0. The molecule has 0 fully saturated rings. The Morgan fingerprint density at radius 3 is 2.59 bits per heavy atom. The summed E-state index contributed by atoms with van der Waals surface area (Å²) < 4.78 is 9.48. The Balaban J connectivity index is 2.96. The first-order valence-electron chi connectivity index (χ1n) is 5.12. The van der Waals surface area contributed by atoms with E-state index in [2.05, 4.69) is 4.74 Å². The van der Waals surface area contributed by atoms with E-state index in [0.717, 1.165) is 4.88 Å². The summed E-state index contributed by atoms with van der Waals surface area (Å²) in [6.07, 6.45) is 0.130. The Bertz CT molecular complexity index is 439. The van der Waals surface area contributed by atoms with E-state index in [1.54, 1.807) is 13.8 Å². The minimum absolute atomic E-state index is 0.130. The Hall–Kier alpha value is -1.56. The minimum Gasteiger partial charge on any atom is -0.466 e. The third kappa shape index (κ3) is 2.97. The highest BCUT2D eigenvalue weighted by atomic mass is 32.1. The van der Waals surface area contributed by atoms with Crippen LogP contribution in [0.2, 0.25) is 0 Å². The van der Waals surface area contributed by atoms with Crippen LogP contribution in [-0.4, -0.2) is 25.7 Å². The number of carbonyl (C=O) groups is 2. The number of thiophene rings is 1. The maximum atomic E-state index is 11.5. The second-order valence-electron chi connectivity index (χ2n) is 3.36. The quantitative estimate of drug-likeness (QED) is 0.827. The highest BCUT2D eigenvalue weighted by molar-refractivity contribution is 7.16. The van der Waals surface area contributed by atoms with Crippen LogP contribution in [0.25, 0.3) is 0 Å². The van der Waals surface area contributed by atoms with E-state index in [0.29, 0.717) is 22.7 Å². The monoisotopic (exact) mass is 257 g/mol. The number of carbonyl (C=O) groups excluding carboxylic acids is 2. The Morgan fingerprint density at radius 2 is 2.06 bits per heavy atom. The number of nitrogens with two attached hydrogens (primary N) is 1. The number of nitrogen functional groups attached to an aromatic ring is 1. The van der Waals surface area contributed by atoms with Gasteiger partial charge in [-0.1, -0.05) is 0 Å². The lowest BCUT2D eigenvalue weighted by molar-refractivity contribution is -0.142. The average Bonchev–Trinajstić information content (AvgIpc) is 2.54. The van der Waals surface area contributed by atoms with Crippen LogP contribution in [0.4, 0.5) is 5.00 Å². The number of hydrogen-bond donors (Lipinski definition) is 1. The van der Waals surface area contributed by atoms with Crippen molar-refractivity contribution in [2.75, 3.05) is 19.5 Å². The highest BCUT2D eigenvalue weighted by Crippen LogP contribution is 2.31. The summed E-state index contributed by atoms with van der Waals surface area (Å²) in [5.74, 6) is -0.806. The van der Waals surface area contributed by atoms with Crippen molar-refractivity contribution in [1.82, 2.24) is 0 Å². The van der Waals surface area contributed by atoms with Crippen molar-refractivity contribution in [2.24, 2.45) is 0 Å². The number of hydrogen-bond acceptors (Lipinski definition) is 6. The van der Waals surface area contributed by atoms with Crippen molar-refractivity contribution >= 4 is 28.3 Å². The fourth-order valence-electron chi connectivity index (χ4n) is 1.45. The van der Waals surface area contributed by atoms with Gasteiger partial charge in [0.05, 0.1) is 25.7 Å². The van der Waals surface area contributed by atoms with Gasteiger partial charge in [0.15, 0.2) is 0 Å². The molecule has 0 aliphatic carbocycles. The van der Waals surface area contributed by atoms with E-state index in [-0.39, 0.29) is 12.4 Å². The van der Waals surface area contributed by atoms with Crippen LogP contribution in [0, 0.1) is 6.92 Å². The molecule has 0 bridgehead atoms. The van der Waals surface area contributed by atoms with Gasteiger partial charge in [0.25, 0.3) is 0 Å². The van der Waals surface area contributed by atoms with Crippen molar-refractivity contribution in [3.8, 4) is 0 Å². The van der Waals surface area contributed by atoms with Crippen LogP contribution in [0.5, 0.6) is 0 Å². The van der Waals surface area contributed by atoms with E-state index in [9.17, 15) is 9.59 Å². The first kappa shape index (κ1) is 13.5. The first-order chi connectivity index (χ1) is 8.01. The van der Waals surface area contributed by atoms with Gasteiger partial charge in [0, 0.05) is 4.88 Å². The van der Waals surface area contributed by atoms with Crippen LogP contribution in [0.3, 0.4) is 0 Å². The highest BCUT2D eigenvalue weighted by Gasteiger charge is 2.21. The number of methoxy groups -OCH3 is 1. The lowest BCUT2D eigenvalue weighted by atomic mass is 10.1. The second kappa shape index (κ2) is 5.67. The fraction of sp³-hybridized carbons (Fsp3) is 0.455. The molecule has 0 amide bonds. The molecular formula is C11H15NO4S. The maximum absolute atomic E-state index is 11.5. The SMILES string of the molecule is CCOC(=O)Cc1sc(N)c(C(=O)OC)c1C. The molecule has 6 heteroatoms. The van der Waals surface area contributed by atoms with Crippen molar-refractivity contribution in [3.05, 3.63) is 16.0 Å². The van der Waals surface area contributed by atoms with Crippen molar-refractivity contribution in [2.45, 2.75) is 20.3 Å². The zero-order valence-electron chi connectivity index (χ0n) is 10.0. The van der Waals surface area contributed by atoms with Gasteiger partial charge in [-0.15, -0.1) is 11.3 Å². The molecule has 94 valence electrons. The van der Waals surface area contributed by atoms with Crippen molar-refractivity contribution in [3.63, 3.8) is 0 Å². The Morgan fingerprint density at radius 1 is 1.41 bits per heavy atom. The van der Waals surface area contributed by atoms with Crippen LogP contribution in [0.15, 0.2) is 0 Å². The molecule has 0 atom stereocenters. The van der Waals surface area contributed by atoms with Gasteiger partial charge in [-0.05, 0) is 19.4 Å². The van der Waals surface area contributed by atoms with Crippen LogP contribution >= 0.6 is 11.3 Å². The number of esters is 2. The Labute approximate surface area is 104 Å². The molecule has 17 heavy (non-hydrogen) atoms. The van der Waals surface area contributed by atoms with Gasteiger partial charge < -0.3 is 15.2 Å². The summed E-state index contributed by atoms with van der Waals surface area (Å²) >= 11 is 1.21. The molecular weight excluding hydrogens is 242 g/mol. The molecule has 0 saturated carbocycles. The third-order valence-corrected chi connectivity index (χ3v) is 3.39. The van der Waals surface area contributed by atoms with Gasteiger partial charge in [-0.3, -0.25) is 4.79 Å². The molecule has 2 N–H and O–H groups in total. The van der Waals surface area contributed by atoms with Crippen molar-refractivity contribution < 1.29 is 19.1 Å². The second-order valence-corrected chi connectivity index (χ2v) is 4.50. The van der Waals surface area contributed by atoms with Crippen molar-refractivity contribution in [1.29, 1.82) is 0 Å². The summed E-state index contributed by atoms with van der Waals surface area (Å²) in [6, 6.07) is 0. The lowest BCUT2D eigenvalue weighted by Gasteiger charge is -2.01. The van der Waals surface area contributed by atoms with E-state index in [1.165, 1.54) is 18.4 Å². The summed E-state index contributed by atoms with van der Waals surface area (Å²) in [5.41, 5.74) is 6.77. The molecule has 1 aromatic heterocycles. The van der Waals surface area contributed by atoms with Gasteiger partial charge in [-0.25, -0.2) is 4.79 Å². The summed E-state index contributed by atoms with van der Waals surface area (Å²) in [6.45, 7) is 3.82. The summed E-state index contributed by atoms with van der Waals surface area (Å²) in [5, 5.41) is 0.369. The average molecular weight is 257 g/mol. The smallest absolute Gasteiger partial charge is 0.341 e. The molecule has 1 heterocycles. The van der Waals surface area contributed by atoms with Gasteiger partial charge in [0.1, 0.15) is 5.00 Å². The van der Waals surface area contributed by atoms with E-state index < -0.39 is 5.97 Å². The molecule has 5 nitrogen and oxygen atoms in total. The minimum atomic E-state index is -0.480. The van der Waals surface area contributed by atoms with Gasteiger partial charge in [0.2, 0.25) is 0 Å². The van der Waals surface area contributed by atoms with E-state index in [1.807, 2.05) is 0 Å². The molecule has 0 aliphatic rings. The maximum Gasteiger partial charge on any atom is 0.341 e. The summed E-state index contributed by atoms with van der Waals surface area (Å²) in [4.78, 5) is 23.6. The fourth-order valence-corrected chi connectivity index (χ4v) is 2.50. The lowest BCUT2D eigenvalue weighted by Crippen LogP contribution is -2.08. The van der Waals surface area contributed by atoms with Gasteiger partial charge >= 0.3 is 11.9 Å². The molecule has 1 rings (SSSR count). The topological polar surface area (TPSA) is 78.6 Å². The van der Waals surface area contributed by atoms with Crippen LogP contribution in [0.1, 0.15) is 27.7 Å². The normalized spacial score (nSPS) is 10.1. The van der Waals surface area contributed by atoms with E-state index in [4.69, 9.17) is 10.5 Å². The van der Waals surface area contributed by atoms with Gasteiger partial charge in [-0.2, -0.15) is 0 Å².